The Morgan fingerprint density at radius 2 is 0.983 bits per heavy atom. The largest absolute Gasteiger partial charge is 0.436 e. The molecule has 0 amide bonds. The molecule has 5 nitrogen and oxygen atoms in total. The average Bonchev–Trinajstić information content (AvgIpc) is 3.91. The van der Waals surface area contributed by atoms with Gasteiger partial charge in [0.15, 0.2) is 23.1 Å². The smallest absolute Gasteiger partial charge is 0.227 e. The molecule has 60 heavy (non-hydrogen) atoms. The lowest BCUT2D eigenvalue weighted by Gasteiger charge is -2.13. The molecule has 12 aromatic rings. The quantitative estimate of drug-likeness (QED) is 0.168. The van der Waals surface area contributed by atoms with Crippen LogP contribution in [0.1, 0.15) is 0 Å². The van der Waals surface area contributed by atoms with Gasteiger partial charge >= 0.3 is 0 Å². The maximum Gasteiger partial charge on any atom is 0.227 e. The third-order valence-corrected chi connectivity index (χ3v) is 12.5. The van der Waals surface area contributed by atoms with E-state index in [-0.39, 0.29) is 0 Å². The Kier molecular flexibility index (Phi) is 7.96. The average molecular weight is 785 g/mol. The standard InChI is InChI=1S/C54H32N4OS/c1-3-12-33(13-4-1)35-22-25-37(26-23-35)54-55-46-32-49-45(31-47(46)59-54)50-43(20-11-21-48(50)60-49)41-29-39-18-9-10-19-42(39)44(30-41)53-57-51(36-15-5-2-6-16-36)56-52(58-53)40-27-24-34-14-7-8-17-38(34)28-40/h1-32H. The molecule has 6 heteroatoms. The molecule has 0 radical (unpaired) electrons. The van der Waals surface area contributed by atoms with E-state index in [1.54, 1.807) is 11.3 Å². The van der Waals surface area contributed by atoms with E-state index < -0.39 is 0 Å². The van der Waals surface area contributed by atoms with Crippen molar-refractivity contribution in [2.75, 3.05) is 0 Å². The number of oxazole rings is 1. The fraction of sp³-hybridized carbons (Fsp3) is 0. The summed E-state index contributed by atoms with van der Waals surface area (Å²) in [5.41, 5.74) is 9.93. The van der Waals surface area contributed by atoms with Crippen LogP contribution in [0.15, 0.2) is 199 Å². The summed E-state index contributed by atoms with van der Waals surface area (Å²) in [7, 11) is 0. The van der Waals surface area contributed by atoms with Gasteiger partial charge in [-0.2, -0.15) is 0 Å². The summed E-state index contributed by atoms with van der Waals surface area (Å²) in [4.78, 5) is 20.4. The van der Waals surface area contributed by atoms with E-state index in [0.29, 0.717) is 23.4 Å². The first kappa shape index (κ1) is 34.3. The number of fused-ring (bicyclic) bond motifs is 6. The zero-order valence-electron chi connectivity index (χ0n) is 32.1. The van der Waals surface area contributed by atoms with Gasteiger partial charge in [-0.3, -0.25) is 0 Å². The summed E-state index contributed by atoms with van der Waals surface area (Å²) in [5, 5.41) is 6.81. The van der Waals surface area contributed by atoms with Crippen LogP contribution in [0, 0.1) is 0 Å². The van der Waals surface area contributed by atoms with Crippen molar-refractivity contribution in [1.82, 2.24) is 19.9 Å². The van der Waals surface area contributed by atoms with Crippen molar-refractivity contribution in [3.8, 4) is 67.9 Å². The second kappa shape index (κ2) is 13.9. The lowest BCUT2D eigenvalue weighted by Crippen LogP contribution is -2.01. The molecule has 0 atom stereocenters. The maximum absolute atomic E-state index is 6.50. The van der Waals surface area contributed by atoms with Crippen LogP contribution in [0.5, 0.6) is 0 Å². The molecule has 0 fully saturated rings. The van der Waals surface area contributed by atoms with E-state index in [1.807, 2.05) is 24.3 Å². The predicted octanol–water partition coefficient (Wildman–Crippen LogP) is 14.7. The number of hydrogen-bond donors (Lipinski definition) is 0. The van der Waals surface area contributed by atoms with Crippen LogP contribution in [-0.4, -0.2) is 19.9 Å². The summed E-state index contributed by atoms with van der Waals surface area (Å²) < 4.78 is 8.86. The second-order valence-corrected chi connectivity index (χ2v) is 16.1. The number of benzene rings is 9. The molecule has 12 rings (SSSR count). The highest BCUT2D eigenvalue weighted by molar-refractivity contribution is 7.26. The number of rotatable bonds is 6. The third kappa shape index (κ3) is 5.93. The van der Waals surface area contributed by atoms with E-state index in [0.717, 1.165) is 76.3 Å². The van der Waals surface area contributed by atoms with Gasteiger partial charge < -0.3 is 4.42 Å². The van der Waals surface area contributed by atoms with E-state index in [1.165, 1.54) is 21.0 Å². The highest BCUT2D eigenvalue weighted by Gasteiger charge is 2.19. The van der Waals surface area contributed by atoms with Crippen molar-refractivity contribution in [1.29, 1.82) is 0 Å². The summed E-state index contributed by atoms with van der Waals surface area (Å²) in [6, 6.07) is 67.7. The molecule has 280 valence electrons. The van der Waals surface area contributed by atoms with Gasteiger partial charge in [-0.15, -0.1) is 11.3 Å². The molecule has 9 aromatic carbocycles. The van der Waals surface area contributed by atoms with Crippen LogP contribution in [-0.2, 0) is 0 Å². The first-order chi connectivity index (χ1) is 29.7. The van der Waals surface area contributed by atoms with Gasteiger partial charge in [0.1, 0.15) is 5.52 Å². The van der Waals surface area contributed by atoms with Crippen LogP contribution in [0.2, 0.25) is 0 Å². The fourth-order valence-corrected chi connectivity index (χ4v) is 9.52. The van der Waals surface area contributed by atoms with Gasteiger partial charge in [0, 0.05) is 42.4 Å². The molecule has 0 spiro atoms. The Hall–Kier alpha value is -7.80. The highest BCUT2D eigenvalue weighted by Crippen LogP contribution is 2.44. The van der Waals surface area contributed by atoms with Gasteiger partial charge in [0.25, 0.3) is 0 Å². The molecule has 0 saturated heterocycles. The molecule has 0 bridgehead atoms. The number of aromatic nitrogens is 4. The molecule has 0 aliphatic rings. The normalized spacial score (nSPS) is 11.7. The van der Waals surface area contributed by atoms with Crippen LogP contribution in [0.25, 0.3) is 121 Å². The van der Waals surface area contributed by atoms with Crippen molar-refractivity contribution >= 4 is 64.2 Å². The Balaban J connectivity index is 1.01. The first-order valence-electron chi connectivity index (χ1n) is 19.9. The summed E-state index contributed by atoms with van der Waals surface area (Å²) in [5.74, 6) is 2.50. The van der Waals surface area contributed by atoms with Crippen LogP contribution < -0.4 is 0 Å². The minimum atomic E-state index is 0.612. The van der Waals surface area contributed by atoms with E-state index in [2.05, 4.69) is 170 Å². The lowest BCUT2D eigenvalue weighted by molar-refractivity contribution is 0.620. The molecule has 0 saturated carbocycles. The van der Waals surface area contributed by atoms with Crippen molar-refractivity contribution in [3.05, 3.63) is 194 Å². The molecule has 3 aromatic heterocycles. The zero-order valence-corrected chi connectivity index (χ0v) is 32.9. The maximum atomic E-state index is 6.50. The van der Waals surface area contributed by atoms with Crippen molar-refractivity contribution < 1.29 is 4.42 Å². The van der Waals surface area contributed by atoms with Gasteiger partial charge in [0.05, 0.1) is 0 Å². The number of nitrogens with zero attached hydrogens (tertiary/aromatic N) is 4. The summed E-state index contributed by atoms with van der Waals surface area (Å²) in [6.45, 7) is 0. The van der Waals surface area contributed by atoms with E-state index in [4.69, 9.17) is 24.4 Å². The summed E-state index contributed by atoms with van der Waals surface area (Å²) in [6.07, 6.45) is 0. The van der Waals surface area contributed by atoms with Crippen LogP contribution in [0.4, 0.5) is 0 Å². The van der Waals surface area contributed by atoms with Crippen LogP contribution >= 0.6 is 11.3 Å². The number of thiophene rings is 1. The SMILES string of the molecule is c1ccc(-c2ccc(-c3nc4cc5sc6cccc(-c7cc(-c8nc(-c9ccccc9)nc(-c9ccc%10ccccc%10c9)n8)c8ccccc8c7)c6c5cc4o3)cc2)cc1. The monoisotopic (exact) mass is 784 g/mol. The van der Waals surface area contributed by atoms with Gasteiger partial charge in [0.2, 0.25) is 5.89 Å². The Labute approximate surface area is 348 Å². The van der Waals surface area contributed by atoms with Crippen molar-refractivity contribution in [3.63, 3.8) is 0 Å². The Morgan fingerprint density at radius 1 is 0.350 bits per heavy atom. The second-order valence-electron chi connectivity index (χ2n) is 15.0. The fourth-order valence-electron chi connectivity index (χ4n) is 8.37. The Morgan fingerprint density at radius 3 is 1.80 bits per heavy atom. The molecule has 0 N–H and O–H groups in total. The van der Waals surface area contributed by atoms with E-state index >= 15 is 0 Å². The number of hydrogen-bond acceptors (Lipinski definition) is 6. The van der Waals surface area contributed by atoms with Gasteiger partial charge in [-0.1, -0.05) is 146 Å². The highest BCUT2D eigenvalue weighted by atomic mass is 32.1. The Bertz CT molecular complexity index is 3600. The minimum absolute atomic E-state index is 0.612. The molecule has 0 aliphatic carbocycles. The van der Waals surface area contributed by atoms with Crippen LogP contribution in [0.3, 0.4) is 0 Å². The third-order valence-electron chi connectivity index (χ3n) is 11.3. The molecule has 3 heterocycles. The minimum Gasteiger partial charge on any atom is -0.436 e. The topological polar surface area (TPSA) is 64.7 Å². The van der Waals surface area contributed by atoms with Crippen molar-refractivity contribution in [2.45, 2.75) is 0 Å². The molecule has 0 aliphatic heterocycles. The predicted molar refractivity (Wildman–Crippen MR) is 248 cm³/mol. The van der Waals surface area contributed by atoms with Gasteiger partial charge in [-0.25, -0.2) is 19.9 Å². The van der Waals surface area contributed by atoms with E-state index in [9.17, 15) is 0 Å². The van der Waals surface area contributed by atoms with Gasteiger partial charge in [-0.05, 0) is 92.3 Å². The van der Waals surface area contributed by atoms with Crippen molar-refractivity contribution in [2.24, 2.45) is 0 Å². The molecule has 0 unspecified atom stereocenters. The first-order valence-corrected chi connectivity index (χ1v) is 20.8. The molecular weight excluding hydrogens is 753 g/mol. The summed E-state index contributed by atoms with van der Waals surface area (Å²) >= 11 is 1.78. The molecular formula is C54H32N4OS. The zero-order chi connectivity index (χ0) is 39.6. The lowest BCUT2D eigenvalue weighted by atomic mass is 9.93.